The van der Waals surface area contributed by atoms with Crippen molar-refractivity contribution in [3.05, 3.63) is 46.8 Å². The fourth-order valence-corrected chi connectivity index (χ4v) is 4.34. The largest absolute Gasteiger partial charge is 0.416 e. The molecule has 2 aromatic rings. The predicted molar refractivity (Wildman–Crippen MR) is 104 cm³/mol. The zero-order valence-corrected chi connectivity index (χ0v) is 16.1. The lowest BCUT2D eigenvalue weighted by Crippen LogP contribution is -2.46. The number of rotatable bonds is 5. The van der Waals surface area contributed by atoms with Crippen molar-refractivity contribution < 1.29 is 13.2 Å². The van der Waals surface area contributed by atoms with Gasteiger partial charge in [-0.1, -0.05) is 6.07 Å². The van der Waals surface area contributed by atoms with Crippen LogP contribution in [0.15, 0.2) is 24.3 Å². The second-order valence-corrected chi connectivity index (χ2v) is 7.81. The molecule has 0 bridgehead atoms. The van der Waals surface area contributed by atoms with E-state index in [0.29, 0.717) is 5.69 Å². The molecule has 0 unspecified atom stereocenters. The third kappa shape index (κ3) is 4.35. The molecule has 1 aliphatic heterocycles. The van der Waals surface area contributed by atoms with Crippen molar-refractivity contribution in [2.45, 2.75) is 44.7 Å². The summed E-state index contributed by atoms with van der Waals surface area (Å²) in [5, 5.41) is 7.72. The predicted octanol–water partition coefficient (Wildman–Crippen LogP) is 4.06. The normalized spacial score (nSPS) is 18.3. The van der Waals surface area contributed by atoms with Crippen LogP contribution in [-0.4, -0.2) is 47.8 Å². The lowest BCUT2D eigenvalue weighted by atomic mass is 9.94. The minimum absolute atomic E-state index is 0.574. The Morgan fingerprint density at radius 3 is 2.61 bits per heavy atom. The van der Waals surface area contributed by atoms with Gasteiger partial charge in [0, 0.05) is 37.6 Å². The number of aromatic amines is 1. The first-order valence-corrected chi connectivity index (χ1v) is 10.2. The Kier molecular flexibility index (Phi) is 5.62. The lowest BCUT2D eigenvalue weighted by molar-refractivity contribution is -0.137. The van der Waals surface area contributed by atoms with Gasteiger partial charge >= 0.3 is 6.18 Å². The molecule has 0 radical (unpaired) electrons. The summed E-state index contributed by atoms with van der Waals surface area (Å²) in [6.45, 7) is 4.31. The average Bonchev–Trinajstić information content (AvgIpc) is 3.11. The number of piperazine rings is 1. The van der Waals surface area contributed by atoms with Crippen molar-refractivity contribution in [2.24, 2.45) is 0 Å². The first-order chi connectivity index (χ1) is 13.5. The maximum Gasteiger partial charge on any atom is 0.416 e. The Labute approximate surface area is 163 Å². The van der Waals surface area contributed by atoms with E-state index >= 15 is 0 Å². The van der Waals surface area contributed by atoms with Crippen molar-refractivity contribution in [2.75, 3.05) is 37.6 Å². The van der Waals surface area contributed by atoms with E-state index in [0.717, 1.165) is 64.5 Å². The summed E-state index contributed by atoms with van der Waals surface area (Å²) in [5.74, 6) is 0. The molecule has 1 N–H and O–H groups in total. The number of benzene rings is 1. The molecule has 2 heterocycles. The van der Waals surface area contributed by atoms with E-state index in [1.807, 2.05) is 0 Å². The molecule has 0 saturated carbocycles. The van der Waals surface area contributed by atoms with Gasteiger partial charge in [-0.05, 0) is 68.8 Å². The van der Waals surface area contributed by atoms with Gasteiger partial charge in [-0.15, -0.1) is 0 Å². The molecule has 28 heavy (non-hydrogen) atoms. The topological polar surface area (TPSA) is 35.2 Å². The van der Waals surface area contributed by atoms with Crippen LogP contribution in [-0.2, 0) is 25.4 Å². The molecule has 0 amide bonds. The number of alkyl halides is 3. The van der Waals surface area contributed by atoms with Crippen LogP contribution in [0, 0.1) is 0 Å². The molecule has 2 aliphatic rings. The Hall–Kier alpha value is -2.02. The first kappa shape index (κ1) is 19.3. The SMILES string of the molecule is FC(F)(F)c1cccc(N2CCN(CCCc3n[nH]c4c3CCCC4)CC2)c1. The second-order valence-electron chi connectivity index (χ2n) is 7.81. The van der Waals surface area contributed by atoms with Crippen molar-refractivity contribution in [1.29, 1.82) is 0 Å². The number of H-pyrrole nitrogens is 1. The molecule has 0 spiro atoms. The summed E-state index contributed by atoms with van der Waals surface area (Å²) in [6, 6.07) is 5.66. The van der Waals surface area contributed by atoms with Crippen LogP contribution in [0.1, 0.15) is 41.8 Å². The molecule has 1 aliphatic carbocycles. The first-order valence-electron chi connectivity index (χ1n) is 10.2. The fraction of sp³-hybridized carbons (Fsp3) is 0.571. The quantitative estimate of drug-likeness (QED) is 0.833. The Bertz CT molecular complexity index is 791. The molecule has 7 heteroatoms. The van der Waals surface area contributed by atoms with Crippen molar-refractivity contribution in [1.82, 2.24) is 15.1 Å². The highest BCUT2D eigenvalue weighted by Gasteiger charge is 2.31. The number of nitrogens with zero attached hydrogens (tertiary/aromatic N) is 3. The van der Waals surface area contributed by atoms with Crippen LogP contribution in [0.3, 0.4) is 0 Å². The maximum atomic E-state index is 12.9. The molecule has 152 valence electrons. The number of fused-ring (bicyclic) bond motifs is 1. The fourth-order valence-electron chi connectivity index (χ4n) is 4.34. The second kappa shape index (κ2) is 8.15. The van der Waals surface area contributed by atoms with Crippen LogP contribution in [0.5, 0.6) is 0 Å². The van der Waals surface area contributed by atoms with Crippen LogP contribution in [0.4, 0.5) is 18.9 Å². The molecular formula is C21H27F3N4. The number of anilines is 1. The molecule has 4 rings (SSSR count). The highest BCUT2D eigenvalue weighted by atomic mass is 19.4. The van der Waals surface area contributed by atoms with Gasteiger partial charge in [0.15, 0.2) is 0 Å². The van der Waals surface area contributed by atoms with Gasteiger partial charge in [-0.3, -0.25) is 10.00 Å². The van der Waals surface area contributed by atoms with E-state index in [1.165, 1.54) is 41.9 Å². The highest BCUT2D eigenvalue weighted by Crippen LogP contribution is 2.32. The van der Waals surface area contributed by atoms with Gasteiger partial charge in [0.05, 0.1) is 11.3 Å². The molecular weight excluding hydrogens is 365 g/mol. The number of aryl methyl sites for hydroxylation is 2. The third-order valence-corrected chi connectivity index (χ3v) is 5.94. The number of hydrogen-bond acceptors (Lipinski definition) is 3. The van der Waals surface area contributed by atoms with E-state index in [9.17, 15) is 13.2 Å². The zero-order valence-electron chi connectivity index (χ0n) is 16.1. The summed E-state index contributed by atoms with van der Waals surface area (Å²) in [4.78, 5) is 4.46. The maximum absolute atomic E-state index is 12.9. The Balaban J connectivity index is 1.25. The van der Waals surface area contributed by atoms with E-state index in [1.54, 1.807) is 6.07 Å². The van der Waals surface area contributed by atoms with E-state index in [4.69, 9.17) is 0 Å². The average molecular weight is 392 g/mol. The van der Waals surface area contributed by atoms with E-state index < -0.39 is 11.7 Å². The lowest BCUT2D eigenvalue weighted by Gasteiger charge is -2.36. The summed E-state index contributed by atoms with van der Waals surface area (Å²) in [6.07, 6.45) is 2.57. The van der Waals surface area contributed by atoms with Crippen molar-refractivity contribution in [3.8, 4) is 0 Å². The number of nitrogens with one attached hydrogen (secondary N) is 1. The molecule has 1 aromatic heterocycles. The summed E-state index contributed by atoms with van der Waals surface area (Å²) >= 11 is 0. The Morgan fingerprint density at radius 1 is 1.04 bits per heavy atom. The van der Waals surface area contributed by atoms with E-state index in [2.05, 4.69) is 20.0 Å². The highest BCUT2D eigenvalue weighted by molar-refractivity contribution is 5.49. The van der Waals surface area contributed by atoms with Gasteiger partial charge in [0.25, 0.3) is 0 Å². The Morgan fingerprint density at radius 2 is 1.82 bits per heavy atom. The van der Waals surface area contributed by atoms with Gasteiger partial charge in [-0.25, -0.2) is 0 Å². The number of hydrogen-bond donors (Lipinski definition) is 1. The molecule has 1 fully saturated rings. The van der Waals surface area contributed by atoms with Crippen LogP contribution in [0.2, 0.25) is 0 Å². The third-order valence-electron chi connectivity index (χ3n) is 5.94. The summed E-state index contributed by atoms with van der Waals surface area (Å²) < 4.78 is 38.8. The van der Waals surface area contributed by atoms with Gasteiger partial charge < -0.3 is 4.90 Å². The van der Waals surface area contributed by atoms with Gasteiger partial charge in [0.1, 0.15) is 0 Å². The molecule has 0 atom stereocenters. The number of aromatic nitrogens is 2. The standard InChI is InChI=1S/C21H27F3N4/c22-21(23,24)16-5-3-6-17(15-16)28-13-11-27(12-14-28)10-4-9-20-18-7-1-2-8-19(18)25-26-20/h3,5-6,15H,1-2,4,7-14H2,(H,25,26). The van der Waals surface area contributed by atoms with Crippen molar-refractivity contribution in [3.63, 3.8) is 0 Å². The number of halogens is 3. The monoisotopic (exact) mass is 392 g/mol. The zero-order chi connectivity index (χ0) is 19.6. The van der Waals surface area contributed by atoms with Crippen LogP contribution in [0.25, 0.3) is 0 Å². The molecule has 4 nitrogen and oxygen atoms in total. The minimum Gasteiger partial charge on any atom is -0.369 e. The minimum atomic E-state index is -4.29. The van der Waals surface area contributed by atoms with E-state index in [-0.39, 0.29) is 0 Å². The van der Waals surface area contributed by atoms with Crippen LogP contribution >= 0.6 is 0 Å². The molecule has 1 aromatic carbocycles. The van der Waals surface area contributed by atoms with Gasteiger partial charge in [-0.2, -0.15) is 18.3 Å². The summed E-state index contributed by atoms with van der Waals surface area (Å²) in [5.41, 5.74) is 4.10. The van der Waals surface area contributed by atoms with Gasteiger partial charge in [0.2, 0.25) is 0 Å². The molecule has 1 saturated heterocycles. The van der Waals surface area contributed by atoms with Crippen molar-refractivity contribution >= 4 is 5.69 Å². The smallest absolute Gasteiger partial charge is 0.369 e. The van der Waals surface area contributed by atoms with Crippen LogP contribution < -0.4 is 4.90 Å². The summed E-state index contributed by atoms with van der Waals surface area (Å²) in [7, 11) is 0.